The van der Waals surface area contributed by atoms with Crippen LogP contribution in [0.5, 0.6) is 0 Å². The fourth-order valence-corrected chi connectivity index (χ4v) is 10.2. The number of hydrogen-bond donors (Lipinski definition) is 1. The first-order chi connectivity index (χ1) is 21.1. The van der Waals surface area contributed by atoms with Gasteiger partial charge >= 0.3 is 5.97 Å². The number of nitrogens with zero attached hydrogens (tertiary/aromatic N) is 2. The first-order valence-electron chi connectivity index (χ1n) is 13.2. The van der Waals surface area contributed by atoms with E-state index in [1.165, 1.54) is 40.3 Å². The van der Waals surface area contributed by atoms with E-state index in [0.717, 1.165) is 16.0 Å². The number of carbonyl (C=O) groups excluding carboxylic acids is 1. The number of nitrogens with one attached hydrogen (secondary N) is 1. The molecule has 1 aromatic heterocycles. The smallest absolute Gasteiger partial charge is 0.316 e. The lowest BCUT2D eigenvalue weighted by Crippen LogP contribution is -2.68. The zero-order valence-corrected chi connectivity index (χ0v) is 26.3. The molecule has 5 rings (SSSR count). The van der Waals surface area contributed by atoms with E-state index in [2.05, 4.69) is 109 Å². The monoisotopic (exact) mass is 649 g/mol. The van der Waals surface area contributed by atoms with Gasteiger partial charge < -0.3 is 10.1 Å². The molecule has 1 heterocycles. The fraction of sp³-hybridized carbons (Fsp3) is 0.0938. The molecule has 0 saturated heterocycles. The minimum Gasteiger partial charge on any atom is -0.468 e. The van der Waals surface area contributed by atoms with Crippen LogP contribution in [-0.2, 0) is 9.53 Å². The third-order valence-electron chi connectivity index (χ3n) is 6.42. The molecule has 44 heavy (non-hydrogen) atoms. The molecule has 0 radical (unpaired) electrons. The summed E-state index contributed by atoms with van der Waals surface area (Å²) in [5.74, 6) is 0.551. The van der Waals surface area contributed by atoms with Gasteiger partial charge in [-0.25, -0.2) is 28.6 Å². The average molecular weight is 650 g/mol. The highest BCUT2D eigenvalue weighted by Crippen LogP contribution is 2.57. The normalized spacial score (nSPS) is 11.2. The van der Waals surface area contributed by atoms with Gasteiger partial charge in [-0.1, -0.05) is 84.1 Å². The molecule has 0 spiro atoms. The second-order valence-corrected chi connectivity index (χ2v) is 14.3. The summed E-state index contributed by atoms with van der Waals surface area (Å²) in [6.07, 6.45) is 1.56. The van der Waals surface area contributed by atoms with Crippen LogP contribution in [0.3, 0.4) is 0 Å². The second kappa shape index (κ2) is 15.2. The molecule has 0 aliphatic carbocycles. The van der Waals surface area contributed by atoms with E-state index in [0.29, 0.717) is 5.82 Å². The number of hydrogen-bond acceptors (Lipinski definition) is 10. The molecule has 4 aromatic carbocycles. The Bertz CT molecular complexity index is 1540. The number of rotatable bonds is 9. The molecule has 9 nitrogen and oxygen atoms in total. The van der Waals surface area contributed by atoms with E-state index in [4.69, 9.17) is 33.3 Å². The number of halogens is 1. The van der Waals surface area contributed by atoms with Crippen LogP contribution in [0, 0.1) is 17.2 Å². The van der Waals surface area contributed by atoms with Crippen LogP contribution in [0.25, 0.3) is 0 Å². The highest BCUT2D eigenvalue weighted by atomic mass is 35.7. The van der Waals surface area contributed by atoms with Crippen molar-refractivity contribution in [1.82, 2.24) is 9.97 Å². The molecule has 0 unspecified atom stereocenters. The van der Waals surface area contributed by atoms with Crippen LogP contribution < -0.4 is 45.2 Å². The standard InChI is InChI=1S/C32H29N3O2PS.ClHO4/c1-24-18-20-25(21-19-24)35-31-30(32(34-23-33-31)39-22-29(36)37-2)38(26-12-6-3-7-13-26,27-14-8-4-9-15-27)28-16-10-5-11-17-28;2-1(3,4)5/h3-21,23H,22H2,1-2H3,(H,33,34,35);(H,2,3,4,5)/q+1;/p-1. The summed E-state index contributed by atoms with van der Waals surface area (Å²) < 4.78 is 39.0. The van der Waals surface area contributed by atoms with Crippen molar-refractivity contribution in [3.63, 3.8) is 0 Å². The van der Waals surface area contributed by atoms with E-state index in [9.17, 15) is 4.79 Å². The van der Waals surface area contributed by atoms with E-state index in [1.807, 2.05) is 18.2 Å². The number of anilines is 2. The molecule has 0 fully saturated rings. The predicted octanol–water partition coefficient (Wildman–Crippen LogP) is 0.657. The largest absolute Gasteiger partial charge is 0.468 e. The Hall–Kier alpha value is -3.86. The Morgan fingerprint density at radius 1 is 0.773 bits per heavy atom. The third-order valence-corrected chi connectivity index (χ3v) is 11.9. The molecule has 226 valence electrons. The fourth-order valence-electron chi connectivity index (χ4n) is 4.61. The van der Waals surface area contributed by atoms with Crippen LogP contribution in [0.2, 0.25) is 0 Å². The van der Waals surface area contributed by atoms with E-state index in [1.54, 1.807) is 6.33 Å². The second-order valence-electron chi connectivity index (χ2n) is 9.29. The minimum atomic E-state index is -4.94. The molecule has 0 atom stereocenters. The SMILES string of the molecule is COC(=O)CSc1ncnc(Nc2ccc(C)cc2)c1[P+](c1ccccc1)(c1ccccc1)c1ccccc1.[O-][Cl+3]([O-])([O-])[O-]. The van der Waals surface area contributed by atoms with Gasteiger partial charge in [-0.05, 0) is 55.5 Å². The Morgan fingerprint density at radius 2 is 1.23 bits per heavy atom. The van der Waals surface area contributed by atoms with Gasteiger partial charge in [-0.15, -0.1) is 10.2 Å². The first kappa shape index (κ1) is 33.0. The molecule has 0 amide bonds. The van der Waals surface area contributed by atoms with Crippen molar-refractivity contribution in [2.75, 3.05) is 18.2 Å². The number of carbonyl (C=O) groups is 1. The van der Waals surface area contributed by atoms with Crippen LogP contribution in [-0.4, -0.2) is 28.8 Å². The predicted molar refractivity (Wildman–Crippen MR) is 164 cm³/mol. The molecule has 5 aromatic rings. The molecule has 0 bridgehead atoms. The summed E-state index contributed by atoms with van der Waals surface area (Å²) in [7, 11) is -6.09. The zero-order valence-electron chi connectivity index (χ0n) is 23.8. The number of methoxy groups -OCH3 is 1. The van der Waals surface area contributed by atoms with Crippen molar-refractivity contribution in [2.45, 2.75) is 11.9 Å². The Balaban J connectivity index is 0.000000818. The van der Waals surface area contributed by atoms with E-state index >= 15 is 0 Å². The molecule has 1 N–H and O–H groups in total. The van der Waals surface area contributed by atoms with Gasteiger partial charge in [-0.2, -0.15) is 0 Å². The van der Waals surface area contributed by atoms with E-state index in [-0.39, 0.29) is 11.7 Å². The summed E-state index contributed by atoms with van der Waals surface area (Å²) >= 11 is 1.38. The molecule has 12 heteroatoms. The topological polar surface area (TPSA) is 156 Å². The summed E-state index contributed by atoms with van der Waals surface area (Å²) in [4.78, 5) is 21.9. The summed E-state index contributed by atoms with van der Waals surface area (Å²) in [6, 6.07) is 39.9. The number of aromatic nitrogens is 2. The van der Waals surface area contributed by atoms with Gasteiger partial charge in [0.25, 0.3) is 0 Å². The maximum Gasteiger partial charge on any atom is 0.316 e. The molecule has 0 aliphatic rings. The van der Waals surface area contributed by atoms with Crippen molar-refractivity contribution in [2.24, 2.45) is 0 Å². The Kier molecular flexibility index (Phi) is 11.4. The van der Waals surface area contributed by atoms with Crippen molar-refractivity contribution >= 4 is 57.7 Å². The van der Waals surface area contributed by atoms with Crippen LogP contribution in [0.15, 0.2) is 127 Å². The first-order valence-corrected chi connectivity index (χ1v) is 17.2. The zero-order chi connectivity index (χ0) is 31.6. The van der Waals surface area contributed by atoms with Crippen molar-refractivity contribution in [3.8, 4) is 0 Å². The highest BCUT2D eigenvalue weighted by molar-refractivity contribution is 8.04. The van der Waals surface area contributed by atoms with Gasteiger partial charge in [0, 0.05) is 5.69 Å². The van der Waals surface area contributed by atoms with Crippen molar-refractivity contribution in [3.05, 3.63) is 127 Å². The number of thioether (sulfide) groups is 1. The molecule has 0 aliphatic heterocycles. The van der Waals surface area contributed by atoms with E-state index < -0.39 is 17.5 Å². The Labute approximate surface area is 262 Å². The third kappa shape index (κ3) is 8.40. The van der Waals surface area contributed by atoms with Gasteiger partial charge in [-0.3, -0.25) is 4.79 Å². The van der Waals surface area contributed by atoms with Crippen LogP contribution in [0.4, 0.5) is 11.5 Å². The number of aryl methyl sites for hydroxylation is 1. The summed E-state index contributed by atoms with van der Waals surface area (Å²) in [5, 5.41) is 8.84. The molecule has 0 saturated carbocycles. The molecular formula is C32H29ClN3O6PS. The van der Waals surface area contributed by atoms with Crippen molar-refractivity contribution < 1.29 is 38.4 Å². The number of benzene rings is 4. The quantitative estimate of drug-likeness (QED) is 0.104. The van der Waals surface area contributed by atoms with Gasteiger partial charge in [0.2, 0.25) is 0 Å². The van der Waals surface area contributed by atoms with Crippen LogP contribution in [0.1, 0.15) is 5.56 Å². The molecular weight excluding hydrogens is 621 g/mol. The number of esters is 1. The lowest BCUT2D eigenvalue weighted by atomic mass is 10.2. The minimum absolute atomic E-state index is 0.142. The summed E-state index contributed by atoms with van der Waals surface area (Å²) in [5.41, 5.74) is 2.11. The Morgan fingerprint density at radius 3 is 1.66 bits per heavy atom. The van der Waals surface area contributed by atoms with Gasteiger partial charge in [0.05, 0.1) is 12.9 Å². The van der Waals surface area contributed by atoms with Gasteiger partial charge in [0.1, 0.15) is 27.3 Å². The lowest BCUT2D eigenvalue weighted by Gasteiger charge is -2.29. The summed E-state index contributed by atoms with van der Waals surface area (Å²) in [6.45, 7) is 2.07. The van der Waals surface area contributed by atoms with Crippen LogP contribution >= 0.6 is 19.0 Å². The number of ether oxygens (including phenoxy) is 1. The maximum absolute atomic E-state index is 12.3. The van der Waals surface area contributed by atoms with Gasteiger partial charge in [0.15, 0.2) is 18.4 Å². The average Bonchev–Trinajstić information content (AvgIpc) is 3.03. The lowest BCUT2D eigenvalue weighted by molar-refractivity contribution is -2.00. The van der Waals surface area contributed by atoms with Crippen molar-refractivity contribution in [1.29, 1.82) is 0 Å². The maximum atomic E-state index is 12.3. The highest BCUT2D eigenvalue weighted by Gasteiger charge is 2.52.